The molecule has 3 nitrogen and oxygen atoms in total. The molecule has 0 aliphatic heterocycles. The fourth-order valence-electron chi connectivity index (χ4n) is 1.82. The lowest BCUT2D eigenvalue weighted by atomic mass is 9.95. The summed E-state index contributed by atoms with van der Waals surface area (Å²) in [5.41, 5.74) is -0.719. The van der Waals surface area contributed by atoms with Gasteiger partial charge in [0.2, 0.25) is 0 Å². The molecule has 0 fully saturated rings. The number of carboxylic acid groups (broad SMARTS) is 1. The van der Waals surface area contributed by atoms with Crippen molar-refractivity contribution in [2.24, 2.45) is 0 Å². The Balaban J connectivity index is 2.90. The lowest BCUT2D eigenvalue weighted by Gasteiger charge is -2.33. The summed E-state index contributed by atoms with van der Waals surface area (Å²) in [5, 5.41) is 9.33. The van der Waals surface area contributed by atoms with Gasteiger partial charge in [0, 0.05) is 6.42 Å². The van der Waals surface area contributed by atoms with Crippen LogP contribution in [-0.2, 0) is 16.0 Å². The van der Waals surface area contributed by atoms with Crippen LogP contribution in [0.15, 0.2) is 30.3 Å². The first-order chi connectivity index (χ1) is 7.73. The highest BCUT2D eigenvalue weighted by Crippen LogP contribution is 2.24. The van der Waals surface area contributed by atoms with Crippen LogP contribution in [0.3, 0.4) is 0 Å². The van der Waals surface area contributed by atoms with Gasteiger partial charge in [-0.3, -0.25) is 0 Å². The third-order valence-corrected chi connectivity index (χ3v) is 2.37. The average Bonchev–Trinajstić information content (AvgIpc) is 2.15. The van der Waals surface area contributed by atoms with Crippen LogP contribution < -0.4 is 0 Å². The number of benzene rings is 1. The van der Waals surface area contributed by atoms with Crippen molar-refractivity contribution in [3.63, 3.8) is 0 Å². The van der Waals surface area contributed by atoms with Gasteiger partial charge in [-0.1, -0.05) is 30.3 Å². The molecule has 0 bridgehead atoms. The monoisotopic (exact) mass is 236 g/mol. The Labute approximate surface area is 102 Å². The summed E-state index contributed by atoms with van der Waals surface area (Å²) in [5.74, 6) is -0.934. The first-order valence-electron chi connectivity index (χ1n) is 5.70. The van der Waals surface area contributed by atoms with Crippen LogP contribution in [0.1, 0.15) is 33.3 Å². The predicted octanol–water partition coefficient (Wildman–Crippen LogP) is 2.89. The Morgan fingerprint density at radius 3 is 2.12 bits per heavy atom. The van der Waals surface area contributed by atoms with E-state index in [9.17, 15) is 9.90 Å². The Bertz CT molecular complexity index is 378. The molecule has 1 aromatic carbocycles. The fraction of sp³-hybridized carbons (Fsp3) is 0.500. The molecule has 0 spiro atoms. The van der Waals surface area contributed by atoms with Gasteiger partial charge in [-0.15, -0.1) is 0 Å². The van der Waals surface area contributed by atoms with E-state index in [4.69, 9.17) is 4.74 Å². The highest BCUT2D eigenvalue weighted by Gasteiger charge is 2.38. The Kier molecular flexibility index (Phi) is 3.94. The number of carboxylic acids is 1. The number of hydrogen-bond acceptors (Lipinski definition) is 2. The summed E-state index contributed by atoms with van der Waals surface area (Å²) in [4.78, 5) is 11.4. The van der Waals surface area contributed by atoms with E-state index in [2.05, 4.69) is 0 Å². The smallest absolute Gasteiger partial charge is 0.336 e. The molecule has 0 heterocycles. The summed E-state index contributed by atoms with van der Waals surface area (Å²) in [7, 11) is 0. The van der Waals surface area contributed by atoms with E-state index in [1.54, 1.807) is 6.92 Å². The predicted molar refractivity (Wildman–Crippen MR) is 67.0 cm³/mol. The second-order valence-electron chi connectivity index (χ2n) is 5.41. The lowest BCUT2D eigenvalue weighted by Crippen LogP contribution is -2.46. The highest BCUT2D eigenvalue weighted by atomic mass is 16.5. The van der Waals surface area contributed by atoms with Crippen molar-refractivity contribution in [3.8, 4) is 0 Å². The molecule has 1 atom stereocenters. The van der Waals surface area contributed by atoms with Gasteiger partial charge < -0.3 is 9.84 Å². The molecule has 0 saturated heterocycles. The van der Waals surface area contributed by atoms with Crippen molar-refractivity contribution >= 4 is 5.97 Å². The highest BCUT2D eigenvalue weighted by molar-refractivity contribution is 5.77. The first-order valence-corrected chi connectivity index (χ1v) is 5.70. The molecule has 1 unspecified atom stereocenters. The zero-order valence-electron chi connectivity index (χ0n) is 10.9. The van der Waals surface area contributed by atoms with Crippen LogP contribution in [0.5, 0.6) is 0 Å². The topological polar surface area (TPSA) is 46.5 Å². The van der Waals surface area contributed by atoms with Gasteiger partial charge in [0.15, 0.2) is 5.60 Å². The molecule has 0 radical (unpaired) electrons. The van der Waals surface area contributed by atoms with Crippen LogP contribution in [0.2, 0.25) is 0 Å². The van der Waals surface area contributed by atoms with Crippen molar-refractivity contribution in [1.29, 1.82) is 0 Å². The first kappa shape index (κ1) is 13.7. The molecule has 0 aromatic heterocycles. The molecule has 1 rings (SSSR count). The SMILES string of the molecule is CC(C)(C)OC(C)(Cc1ccccc1)C(=O)O. The molecule has 1 aromatic rings. The molecule has 0 saturated carbocycles. The maximum absolute atomic E-state index is 11.4. The lowest BCUT2D eigenvalue weighted by molar-refractivity contribution is -0.180. The standard InChI is InChI=1S/C14H20O3/c1-13(2,3)17-14(4,12(15)16)10-11-8-6-5-7-9-11/h5-9H,10H2,1-4H3,(H,15,16). The fourth-order valence-corrected chi connectivity index (χ4v) is 1.82. The van der Waals surface area contributed by atoms with Gasteiger partial charge in [0.25, 0.3) is 0 Å². The van der Waals surface area contributed by atoms with Gasteiger partial charge in [0.05, 0.1) is 5.60 Å². The zero-order chi connectivity index (χ0) is 13.1. The Hall–Kier alpha value is -1.35. The number of hydrogen-bond donors (Lipinski definition) is 1. The van der Waals surface area contributed by atoms with Crippen molar-refractivity contribution in [1.82, 2.24) is 0 Å². The van der Waals surface area contributed by atoms with Crippen molar-refractivity contribution < 1.29 is 14.6 Å². The molecule has 0 aliphatic carbocycles. The maximum Gasteiger partial charge on any atom is 0.336 e. The molecule has 1 N–H and O–H groups in total. The molecule has 94 valence electrons. The van der Waals surface area contributed by atoms with E-state index in [1.807, 2.05) is 51.1 Å². The van der Waals surface area contributed by atoms with E-state index in [0.717, 1.165) is 5.56 Å². The summed E-state index contributed by atoms with van der Waals surface area (Å²) >= 11 is 0. The molecule has 0 amide bonds. The number of carbonyl (C=O) groups is 1. The van der Waals surface area contributed by atoms with E-state index in [-0.39, 0.29) is 0 Å². The van der Waals surface area contributed by atoms with Gasteiger partial charge >= 0.3 is 5.97 Å². The third-order valence-electron chi connectivity index (χ3n) is 2.37. The minimum atomic E-state index is -1.19. The van der Waals surface area contributed by atoms with Crippen molar-refractivity contribution in [2.45, 2.75) is 45.3 Å². The number of ether oxygens (including phenoxy) is 1. The summed E-state index contributed by atoms with van der Waals surface area (Å²) in [6.07, 6.45) is 0.362. The van der Waals surface area contributed by atoms with Crippen LogP contribution in [-0.4, -0.2) is 22.3 Å². The van der Waals surface area contributed by atoms with Gasteiger partial charge in [-0.05, 0) is 33.3 Å². The summed E-state index contributed by atoms with van der Waals surface area (Å²) in [6.45, 7) is 7.20. The summed E-state index contributed by atoms with van der Waals surface area (Å²) in [6, 6.07) is 9.52. The van der Waals surface area contributed by atoms with Crippen molar-refractivity contribution in [2.75, 3.05) is 0 Å². The minimum Gasteiger partial charge on any atom is -0.479 e. The molecule has 17 heavy (non-hydrogen) atoms. The van der Waals surface area contributed by atoms with E-state index in [1.165, 1.54) is 0 Å². The number of aliphatic carboxylic acids is 1. The van der Waals surface area contributed by atoms with E-state index in [0.29, 0.717) is 6.42 Å². The average molecular weight is 236 g/mol. The maximum atomic E-state index is 11.4. The second kappa shape index (κ2) is 4.88. The normalized spacial score (nSPS) is 15.3. The van der Waals surface area contributed by atoms with Gasteiger partial charge in [-0.2, -0.15) is 0 Å². The van der Waals surface area contributed by atoms with Crippen LogP contribution in [0.4, 0.5) is 0 Å². The van der Waals surface area contributed by atoms with Gasteiger partial charge in [0.1, 0.15) is 0 Å². The second-order valence-corrected chi connectivity index (χ2v) is 5.41. The molecular weight excluding hydrogens is 216 g/mol. The van der Waals surface area contributed by atoms with Crippen LogP contribution in [0.25, 0.3) is 0 Å². The van der Waals surface area contributed by atoms with Crippen LogP contribution >= 0.6 is 0 Å². The molecule has 3 heteroatoms. The largest absolute Gasteiger partial charge is 0.479 e. The quantitative estimate of drug-likeness (QED) is 0.874. The Morgan fingerprint density at radius 1 is 1.18 bits per heavy atom. The summed E-state index contributed by atoms with van der Waals surface area (Å²) < 4.78 is 5.69. The number of rotatable bonds is 4. The zero-order valence-corrected chi connectivity index (χ0v) is 10.9. The van der Waals surface area contributed by atoms with Gasteiger partial charge in [-0.25, -0.2) is 4.79 Å². The molecule has 0 aliphatic rings. The molecular formula is C14H20O3. The Morgan fingerprint density at radius 2 is 1.71 bits per heavy atom. The van der Waals surface area contributed by atoms with E-state index >= 15 is 0 Å². The van der Waals surface area contributed by atoms with Crippen molar-refractivity contribution in [3.05, 3.63) is 35.9 Å². The van der Waals surface area contributed by atoms with Crippen LogP contribution in [0, 0.1) is 0 Å². The third kappa shape index (κ3) is 4.19. The van der Waals surface area contributed by atoms with E-state index < -0.39 is 17.2 Å². The minimum absolute atomic E-state index is 0.362.